The number of hydrogen-bond donors (Lipinski definition) is 0. The Balaban J connectivity index is 1.71. The van der Waals surface area contributed by atoms with E-state index in [1.165, 1.54) is 0 Å². The Morgan fingerprint density at radius 1 is 1.12 bits per heavy atom. The summed E-state index contributed by atoms with van der Waals surface area (Å²) >= 11 is 12.0. The Morgan fingerprint density at radius 2 is 1.96 bits per heavy atom. The molecule has 24 heavy (non-hydrogen) atoms. The molecule has 0 spiro atoms. The van der Waals surface area contributed by atoms with Crippen LogP contribution in [0, 0.1) is 0 Å². The van der Waals surface area contributed by atoms with E-state index in [0.717, 1.165) is 11.4 Å². The highest BCUT2D eigenvalue weighted by Crippen LogP contribution is 2.29. The first-order chi connectivity index (χ1) is 11.5. The average Bonchev–Trinajstić information content (AvgIpc) is 3.02. The first-order valence-electron chi connectivity index (χ1n) is 7.21. The van der Waals surface area contributed by atoms with Crippen LogP contribution in [0.15, 0.2) is 47.0 Å². The molecule has 124 valence electrons. The van der Waals surface area contributed by atoms with Crippen molar-refractivity contribution in [2.75, 3.05) is 19.0 Å². The predicted molar refractivity (Wildman–Crippen MR) is 94.9 cm³/mol. The van der Waals surface area contributed by atoms with Crippen molar-refractivity contribution in [3.63, 3.8) is 0 Å². The lowest BCUT2D eigenvalue weighted by molar-refractivity contribution is 0.287. The smallest absolute Gasteiger partial charge is 0.259 e. The van der Waals surface area contributed by atoms with Crippen LogP contribution in [-0.4, -0.2) is 24.2 Å². The molecule has 0 fully saturated rings. The Labute approximate surface area is 149 Å². The average molecular weight is 364 g/mol. The predicted octanol–water partition coefficient (Wildman–Crippen LogP) is 4.69. The van der Waals surface area contributed by atoms with E-state index in [1.54, 1.807) is 18.2 Å². The number of aromatic nitrogens is 2. The molecule has 3 aromatic rings. The summed E-state index contributed by atoms with van der Waals surface area (Å²) < 4.78 is 11.0. The highest BCUT2D eigenvalue weighted by Gasteiger charge is 2.13. The van der Waals surface area contributed by atoms with E-state index in [1.807, 2.05) is 43.3 Å². The maximum atomic E-state index is 6.15. The normalized spacial score (nSPS) is 10.7. The van der Waals surface area contributed by atoms with Crippen molar-refractivity contribution in [3.8, 4) is 17.2 Å². The summed E-state index contributed by atoms with van der Waals surface area (Å²) in [4.78, 5) is 6.30. The zero-order valence-corrected chi connectivity index (χ0v) is 14.7. The maximum absolute atomic E-state index is 6.15. The third-order valence-corrected chi connectivity index (χ3v) is 3.88. The van der Waals surface area contributed by atoms with Gasteiger partial charge in [0.25, 0.3) is 5.89 Å². The molecular weight excluding hydrogens is 349 g/mol. The Hall–Kier alpha value is -2.24. The van der Waals surface area contributed by atoms with Crippen LogP contribution in [0.1, 0.15) is 5.82 Å². The molecule has 0 amide bonds. The zero-order chi connectivity index (χ0) is 17.1. The molecule has 0 bridgehead atoms. The van der Waals surface area contributed by atoms with Crippen molar-refractivity contribution < 1.29 is 9.26 Å². The molecular formula is C17H15Cl2N3O2. The Morgan fingerprint density at radius 3 is 2.71 bits per heavy atom. The van der Waals surface area contributed by atoms with Crippen LogP contribution in [0.4, 0.5) is 5.69 Å². The first kappa shape index (κ1) is 16.6. The van der Waals surface area contributed by atoms with Crippen LogP contribution >= 0.6 is 23.2 Å². The van der Waals surface area contributed by atoms with E-state index < -0.39 is 0 Å². The second-order valence-corrected chi connectivity index (χ2v) is 6.16. The van der Waals surface area contributed by atoms with Crippen LogP contribution in [0.25, 0.3) is 11.5 Å². The van der Waals surface area contributed by atoms with Crippen molar-refractivity contribution in [1.29, 1.82) is 0 Å². The Bertz CT molecular complexity index is 849. The summed E-state index contributed by atoms with van der Waals surface area (Å²) in [6.45, 7) is 0.200. The molecule has 0 N–H and O–H groups in total. The van der Waals surface area contributed by atoms with E-state index in [-0.39, 0.29) is 6.61 Å². The van der Waals surface area contributed by atoms with E-state index in [9.17, 15) is 0 Å². The van der Waals surface area contributed by atoms with Gasteiger partial charge in [-0.2, -0.15) is 4.98 Å². The molecule has 1 aromatic heterocycles. The van der Waals surface area contributed by atoms with Crippen LogP contribution in [0.5, 0.6) is 5.75 Å². The van der Waals surface area contributed by atoms with Crippen molar-refractivity contribution in [2.45, 2.75) is 6.61 Å². The van der Waals surface area contributed by atoms with Crippen LogP contribution in [0.3, 0.4) is 0 Å². The highest BCUT2D eigenvalue weighted by molar-refractivity contribution is 6.36. The van der Waals surface area contributed by atoms with Gasteiger partial charge in [0.2, 0.25) is 5.82 Å². The molecule has 0 radical (unpaired) electrons. The van der Waals surface area contributed by atoms with E-state index in [4.69, 9.17) is 32.5 Å². The number of halogens is 2. The van der Waals surface area contributed by atoms with Crippen LogP contribution in [0.2, 0.25) is 10.0 Å². The molecule has 3 rings (SSSR count). The monoisotopic (exact) mass is 363 g/mol. The fraction of sp³-hybridized carbons (Fsp3) is 0.176. The Kier molecular flexibility index (Phi) is 4.92. The number of hydrogen-bond acceptors (Lipinski definition) is 5. The molecule has 0 atom stereocenters. The minimum absolute atomic E-state index is 0.200. The summed E-state index contributed by atoms with van der Waals surface area (Å²) in [5.41, 5.74) is 1.68. The fourth-order valence-electron chi connectivity index (χ4n) is 2.08. The number of rotatable bonds is 5. The summed E-state index contributed by atoms with van der Waals surface area (Å²) in [6, 6.07) is 12.8. The SMILES string of the molecule is CN(C)c1cccc(OCc2noc(-c3ccc(Cl)cc3Cl)n2)c1. The quantitative estimate of drug-likeness (QED) is 0.658. The zero-order valence-electron chi connectivity index (χ0n) is 13.2. The molecule has 2 aromatic carbocycles. The van der Waals surface area contributed by atoms with Gasteiger partial charge in [0.15, 0.2) is 6.61 Å². The molecule has 0 unspecified atom stereocenters. The lowest BCUT2D eigenvalue weighted by Crippen LogP contribution is -2.08. The lowest BCUT2D eigenvalue weighted by Gasteiger charge is -2.13. The minimum Gasteiger partial charge on any atom is -0.485 e. The van der Waals surface area contributed by atoms with Crippen molar-refractivity contribution in [1.82, 2.24) is 10.1 Å². The third kappa shape index (κ3) is 3.80. The molecule has 5 nitrogen and oxygen atoms in total. The van der Waals surface area contributed by atoms with Crippen LogP contribution < -0.4 is 9.64 Å². The molecule has 7 heteroatoms. The summed E-state index contributed by atoms with van der Waals surface area (Å²) in [7, 11) is 3.95. The molecule has 1 heterocycles. The second kappa shape index (κ2) is 7.11. The highest BCUT2D eigenvalue weighted by atomic mass is 35.5. The molecule has 0 saturated carbocycles. The fourth-order valence-corrected chi connectivity index (χ4v) is 2.57. The second-order valence-electron chi connectivity index (χ2n) is 5.32. The summed E-state index contributed by atoms with van der Waals surface area (Å²) in [5.74, 6) is 1.50. The standard InChI is InChI=1S/C17H15Cl2N3O2/c1-22(2)12-4-3-5-13(9-12)23-10-16-20-17(24-21-16)14-7-6-11(18)8-15(14)19/h3-9H,10H2,1-2H3. The van der Waals surface area contributed by atoms with Gasteiger partial charge >= 0.3 is 0 Å². The molecule has 0 saturated heterocycles. The first-order valence-corrected chi connectivity index (χ1v) is 7.97. The van der Waals surface area contributed by atoms with Gasteiger partial charge in [-0.15, -0.1) is 0 Å². The topological polar surface area (TPSA) is 51.4 Å². The number of ether oxygens (including phenoxy) is 1. The molecule has 0 aliphatic heterocycles. The van der Waals surface area contributed by atoms with Gasteiger partial charge in [0.1, 0.15) is 5.75 Å². The van der Waals surface area contributed by atoms with Crippen LogP contribution in [-0.2, 0) is 6.61 Å². The van der Waals surface area contributed by atoms with Gasteiger partial charge in [0, 0.05) is 30.9 Å². The van der Waals surface area contributed by atoms with Gasteiger partial charge in [-0.3, -0.25) is 0 Å². The molecule has 0 aliphatic rings. The number of anilines is 1. The van der Waals surface area contributed by atoms with Gasteiger partial charge < -0.3 is 14.2 Å². The van der Waals surface area contributed by atoms with E-state index in [0.29, 0.717) is 27.3 Å². The van der Waals surface area contributed by atoms with E-state index >= 15 is 0 Å². The van der Waals surface area contributed by atoms with Gasteiger partial charge in [-0.05, 0) is 30.3 Å². The lowest BCUT2D eigenvalue weighted by atomic mass is 10.2. The van der Waals surface area contributed by atoms with E-state index in [2.05, 4.69) is 10.1 Å². The van der Waals surface area contributed by atoms with Gasteiger partial charge in [-0.1, -0.05) is 34.4 Å². The number of nitrogens with zero attached hydrogens (tertiary/aromatic N) is 3. The minimum atomic E-state index is 0.200. The van der Waals surface area contributed by atoms with Crippen molar-refractivity contribution in [2.24, 2.45) is 0 Å². The largest absolute Gasteiger partial charge is 0.485 e. The van der Waals surface area contributed by atoms with Crippen molar-refractivity contribution in [3.05, 3.63) is 58.3 Å². The third-order valence-electron chi connectivity index (χ3n) is 3.33. The summed E-state index contributed by atoms with van der Waals surface area (Å²) in [6.07, 6.45) is 0. The maximum Gasteiger partial charge on any atom is 0.259 e. The van der Waals surface area contributed by atoms with Gasteiger partial charge in [0.05, 0.1) is 10.6 Å². The number of benzene rings is 2. The molecule has 0 aliphatic carbocycles. The summed E-state index contributed by atoms with van der Waals surface area (Å²) in [5, 5.41) is 4.92. The van der Waals surface area contributed by atoms with Crippen molar-refractivity contribution >= 4 is 28.9 Å². The van der Waals surface area contributed by atoms with Gasteiger partial charge in [-0.25, -0.2) is 0 Å².